The summed E-state index contributed by atoms with van der Waals surface area (Å²) in [4.78, 5) is 35.3. The van der Waals surface area contributed by atoms with Gasteiger partial charge in [-0.3, -0.25) is 14.6 Å². The molecule has 6 heteroatoms. The highest BCUT2D eigenvalue weighted by Crippen LogP contribution is 2.33. The van der Waals surface area contributed by atoms with Crippen LogP contribution in [0.1, 0.15) is 65.3 Å². The Morgan fingerprint density at radius 2 is 1.66 bits per heavy atom. The highest BCUT2D eigenvalue weighted by atomic mass is 16.2. The van der Waals surface area contributed by atoms with Crippen molar-refractivity contribution in [1.82, 2.24) is 20.1 Å². The van der Waals surface area contributed by atoms with Crippen molar-refractivity contribution in [1.29, 1.82) is 0 Å². The zero-order valence-electron chi connectivity index (χ0n) is 21.1. The molecule has 1 aromatic heterocycles. The summed E-state index contributed by atoms with van der Waals surface area (Å²) in [6.07, 6.45) is 7.00. The van der Waals surface area contributed by atoms with E-state index in [9.17, 15) is 9.59 Å². The van der Waals surface area contributed by atoms with Gasteiger partial charge in [-0.05, 0) is 68.2 Å². The Bertz CT molecular complexity index is 1020. The molecular weight excluding hydrogens is 436 g/mol. The quantitative estimate of drug-likeness (QED) is 0.655. The van der Waals surface area contributed by atoms with Crippen LogP contribution in [0.25, 0.3) is 0 Å². The van der Waals surface area contributed by atoms with Gasteiger partial charge < -0.3 is 15.1 Å². The van der Waals surface area contributed by atoms with E-state index in [1.165, 1.54) is 0 Å². The topological polar surface area (TPSA) is 65.5 Å². The summed E-state index contributed by atoms with van der Waals surface area (Å²) in [6, 6.07) is 12.0. The first-order valence-corrected chi connectivity index (χ1v) is 13.3. The lowest BCUT2D eigenvalue weighted by molar-refractivity contribution is -0.125. The highest BCUT2D eigenvalue weighted by molar-refractivity contribution is 5.97. The molecule has 1 aromatic carbocycles. The molecule has 3 atom stereocenters. The molecule has 1 aliphatic carbocycles. The Labute approximate surface area is 209 Å². The van der Waals surface area contributed by atoms with Gasteiger partial charge in [-0.25, -0.2) is 0 Å². The minimum Gasteiger partial charge on any atom is -0.347 e. The molecule has 2 amide bonds. The SMILES string of the molecule is Cc1cccc(C)c1C(=O)N1CC2CN(CCC(NC(=O)C3CCCC3)c3ccccn3)C[C@H]2C1. The van der Waals surface area contributed by atoms with Gasteiger partial charge in [-0.1, -0.05) is 37.1 Å². The third-order valence-electron chi connectivity index (χ3n) is 8.37. The first kappa shape index (κ1) is 24.0. The zero-order chi connectivity index (χ0) is 24.4. The number of aryl methyl sites for hydroxylation is 2. The second-order valence-electron chi connectivity index (χ2n) is 10.8. The summed E-state index contributed by atoms with van der Waals surface area (Å²) in [7, 11) is 0. The monoisotopic (exact) mass is 474 g/mol. The minimum atomic E-state index is -0.0492. The standard InChI is InChI=1S/C29H38N4O2/c1-20-8-7-9-21(2)27(20)29(35)33-18-23-16-32(17-24(23)19-33)15-13-26(25-12-5-6-14-30-25)31-28(34)22-10-3-4-11-22/h5-9,12,14,22-24,26H,3-4,10-11,13,15-19H2,1-2H3,(H,31,34)/t23-,24?,26?/m0/s1. The van der Waals surface area contributed by atoms with E-state index in [1.54, 1.807) is 0 Å². The summed E-state index contributed by atoms with van der Waals surface area (Å²) in [5, 5.41) is 3.32. The van der Waals surface area contributed by atoms with E-state index in [0.29, 0.717) is 11.8 Å². The molecule has 5 rings (SSSR count). The van der Waals surface area contributed by atoms with Gasteiger partial charge in [0.15, 0.2) is 0 Å². The predicted molar refractivity (Wildman–Crippen MR) is 137 cm³/mol. The molecule has 186 valence electrons. The Balaban J connectivity index is 1.17. The number of pyridine rings is 1. The van der Waals surface area contributed by atoms with E-state index in [4.69, 9.17) is 0 Å². The van der Waals surface area contributed by atoms with Crippen LogP contribution in [0.3, 0.4) is 0 Å². The molecule has 1 N–H and O–H groups in total. The van der Waals surface area contributed by atoms with Crippen LogP contribution in [0.2, 0.25) is 0 Å². The molecule has 2 aromatic rings. The van der Waals surface area contributed by atoms with E-state index < -0.39 is 0 Å². The number of fused-ring (bicyclic) bond motifs is 1. The Morgan fingerprint density at radius 1 is 0.971 bits per heavy atom. The maximum Gasteiger partial charge on any atom is 0.254 e. The largest absolute Gasteiger partial charge is 0.347 e. The number of amides is 2. The molecule has 2 saturated heterocycles. The Morgan fingerprint density at radius 3 is 2.29 bits per heavy atom. The van der Waals surface area contributed by atoms with Crippen molar-refractivity contribution in [2.24, 2.45) is 17.8 Å². The number of aromatic nitrogens is 1. The normalized spacial score (nSPS) is 23.4. The molecule has 0 bridgehead atoms. The second-order valence-corrected chi connectivity index (χ2v) is 10.8. The number of hydrogen-bond acceptors (Lipinski definition) is 4. The molecule has 0 spiro atoms. The first-order chi connectivity index (χ1) is 17.0. The van der Waals surface area contributed by atoms with Crippen LogP contribution in [0.5, 0.6) is 0 Å². The summed E-state index contributed by atoms with van der Waals surface area (Å²) < 4.78 is 0. The Hall–Kier alpha value is -2.73. The van der Waals surface area contributed by atoms with Gasteiger partial charge in [0.05, 0.1) is 11.7 Å². The zero-order valence-corrected chi connectivity index (χ0v) is 21.1. The van der Waals surface area contributed by atoms with Crippen LogP contribution in [0.15, 0.2) is 42.6 Å². The fourth-order valence-corrected chi connectivity index (χ4v) is 6.41. The van der Waals surface area contributed by atoms with Crippen LogP contribution < -0.4 is 5.32 Å². The average Bonchev–Trinajstić information content (AvgIpc) is 3.59. The number of likely N-dealkylation sites (tertiary alicyclic amines) is 2. The van der Waals surface area contributed by atoms with Crippen LogP contribution in [0, 0.1) is 31.6 Å². The summed E-state index contributed by atoms with van der Waals surface area (Å²) in [5.74, 6) is 1.60. The number of nitrogens with one attached hydrogen (secondary N) is 1. The molecule has 3 heterocycles. The summed E-state index contributed by atoms with van der Waals surface area (Å²) in [6.45, 7) is 8.72. The van der Waals surface area contributed by atoms with Crippen molar-refractivity contribution in [3.05, 3.63) is 65.0 Å². The van der Waals surface area contributed by atoms with Gasteiger partial charge in [-0.2, -0.15) is 0 Å². The van der Waals surface area contributed by atoms with Crippen molar-refractivity contribution in [3.8, 4) is 0 Å². The van der Waals surface area contributed by atoms with E-state index in [-0.39, 0.29) is 23.8 Å². The van der Waals surface area contributed by atoms with Gasteiger partial charge in [0, 0.05) is 50.4 Å². The van der Waals surface area contributed by atoms with E-state index in [1.807, 2.05) is 56.4 Å². The lowest BCUT2D eigenvalue weighted by Crippen LogP contribution is -2.37. The fraction of sp³-hybridized carbons (Fsp3) is 0.552. The smallest absolute Gasteiger partial charge is 0.254 e. The lowest BCUT2D eigenvalue weighted by atomic mass is 10.0. The van der Waals surface area contributed by atoms with Crippen molar-refractivity contribution in [2.45, 2.75) is 52.0 Å². The van der Waals surface area contributed by atoms with E-state index in [2.05, 4.69) is 20.1 Å². The van der Waals surface area contributed by atoms with Crippen LogP contribution in [-0.4, -0.2) is 59.3 Å². The van der Waals surface area contributed by atoms with Gasteiger partial charge in [0.25, 0.3) is 5.91 Å². The molecule has 3 fully saturated rings. The van der Waals surface area contributed by atoms with Crippen molar-refractivity contribution >= 4 is 11.8 Å². The number of rotatable bonds is 7. The molecular formula is C29H38N4O2. The molecule has 2 aliphatic heterocycles. The van der Waals surface area contributed by atoms with Gasteiger partial charge >= 0.3 is 0 Å². The number of carbonyl (C=O) groups is 2. The molecule has 3 aliphatic rings. The fourth-order valence-electron chi connectivity index (χ4n) is 6.41. The minimum absolute atomic E-state index is 0.0492. The highest BCUT2D eigenvalue weighted by Gasteiger charge is 2.42. The lowest BCUT2D eigenvalue weighted by Gasteiger charge is -2.25. The van der Waals surface area contributed by atoms with Gasteiger partial charge in [-0.15, -0.1) is 0 Å². The van der Waals surface area contributed by atoms with E-state index >= 15 is 0 Å². The maximum absolute atomic E-state index is 13.3. The van der Waals surface area contributed by atoms with E-state index in [0.717, 1.165) is 87.2 Å². The van der Waals surface area contributed by atoms with Gasteiger partial charge in [0.2, 0.25) is 5.91 Å². The molecule has 1 saturated carbocycles. The number of carbonyl (C=O) groups excluding carboxylic acids is 2. The molecule has 2 unspecified atom stereocenters. The molecule has 6 nitrogen and oxygen atoms in total. The van der Waals surface area contributed by atoms with Gasteiger partial charge in [0.1, 0.15) is 0 Å². The Kier molecular flexibility index (Phi) is 7.19. The number of nitrogens with zero attached hydrogens (tertiary/aromatic N) is 3. The van der Waals surface area contributed by atoms with Crippen molar-refractivity contribution in [2.75, 3.05) is 32.7 Å². The average molecular weight is 475 g/mol. The second kappa shape index (κ2) is 10.5. The number of benzene rings is 1. The maximum atomic E-state index is 13.3. The van der Waals surface area contributed by atoms with Crippen LogP contribution in [-0.2, 0) is 4.79 Å². The third-order valence-corrected chi connectivity index (χ3v) is 8.37. The summed E-state index contributed by atoms with van der Waals surface area (Å²) in [5.41, 5.74) is 3.95. The molecule has 0 radical (unpaired) electrons. The van der Waals surface area contributed by atoms with Crippen molar-refractivity contribution < 1.29 is 9.59 Å². The first-order valence-electron chi connectivity index (χ1n) is 13.3. The number of hydrogen-bond donors (Lipinski definition) is 1. The van der Waals surface area contributed by atoms with Crippen LogP contribution in [0.4, 0.5) is 0 Å². The predicted octanol–water partition coefficient (Wildman–Crippen LogP) is 4.14. The third kappa shape index (κ3) is 5.27. The van der Waals surface area contributed by atoms with Crippen molar-refractivity contribution in [3.63, 3.8) is 0 Å². The molecule has 35 heavy (non-hydrogen) atoms. The van der Waals surface area contributed by atoms with Crippen LogP contribution >= 0.6 is 0 Å². The summed E-state index contributed by atoms with van der Waals surface area (Å²) >= 11 is 0.